The molecule has 4 nitrogen and oxygen atoms in total. The maximum Gasteiger partial charge on any atom is 0.0732 e. The zero-order chi connectivity index (χ0) is 29.6. The van der Waals surface area contributed by atoms with E-state index in [4.69, 9.17) is 11.6 Å². The fourth-order valence-electron chi connectivity index (χ4n) is 4.77. The lowest BCUT2D eigenvalue weighted by Gasteiger charge is -2.30. The van der Waals surface area contributed by atoms with E-state index in [2.05, 4.69) is 110 Å². The molecule has 2 N–H and O–H groups in total. The van der Waals surface area contributed by atoms with Crippen LogP contribution in [-0.2, 0) is 6.42 Å². The number of hydrogen-bond donors (Lipinski definition) is 2. The Labute approximate surface area is 257 Å². The van der Waals surface area contributed by atoms with E-state index in [0.29, 0.717) is 5.02 Å². The average Bonchev–Trinajstić information content (AvgIpc) is 2.96. The highest BCUT2D eigenvalue weighted by Gasteiger charge is 2.19. The third-order valence-electron chi connectivity index (χ3n) is 7.05. The minimum absolute atomic E-state index is 0.0706. The van der Waals surface area contributed by atoms with Gasteiger partial charge in [0, 0.05) is 35.4 Å². The maximum atomic E-state index is 6.36. The van der Waals surface area contributed by atoms with Gasteiger partial charge in [0.05, 0.1) is 15.7 Å². The predicted molar refractivity (Wildman–Crippen MR) is 184 cm³/mol. The van der Waals surface area contributed by atoms with Gasteiger partial charge in [-0.1, -0.05) is 92.8 Å². The molecule has 3 rings (SSSR count). The quantitative estimate of drug-likeness (QED) is 0.144. The largest absolute Gasteiger partial charge is 0.357 e. The smallest absolute Gasteiger partial charge is 0.0732 e. The van der Waals surface area contributed by atoms with Crippen molar-refractivity contribution in [3.05, 3.63) is 113 Å². The molecule has 0 radical (unpaired) electrons. The van der Waals surface area contributed by atoms with Gasteiger partial charge in [-0.3, -0.25) is 0 Å². The molecule has 0 fully saturated rings. The molecule has 0 saturated carbocycles. The third-order valence-corrected chi connectivity index (χ3v) is 8.47. The Morgan fingerprint density at radius 1 is 0.878 bits per heavy atom. The van der Waals surface area contributed by atoms with E-state index >= 15 is 0 Å². The van der Waals surface area contributed by atoms with Crippen LogP contribution in [0.25, 0.3) is 0 Å². The van der Waals surface area contributed by atoms with E-state index in [1.165, 1.54) is 37.1 Å². The normalized spacial score (nSPS) is 11.9. The molecule has 3 aromatic carbocycles. The third kappa shape index (κ3) is 10.3. The summed E-state index contributed by atoms with van der Waals surface area (Å²) in [5, 5.41) is 8.70. The van der Waals surface area contributed by atoms with Gasteiger partial charge in [0.2, 0.25) is 0 Å². The molecule has 1 atom stereocenters. The van der Waals surface area contributed by atoms with Crippen LogP contribution in [-0.4, -0.2) is 42.9 Å². The highest BCUT2D eigenvalue weighted by atomic mass is 35.5. The number of anilines is 3. The van der Waals surface area contributed by atoms with Crippen LogP contribution in [0.2, 0.25) is 5.02 Å². The Morgan fingerprint density at radius 2 is 1.54 bits per heavy atom. The number of benzene rings is 3. The van der Waals surface area contributed by atoms with Crippen molar-refractivity contribution in [3.8, 4) is 0 Å². The molecule has 0 saturated heterocycles. The van der Waals surface area contributed by atoms with Gasteiger partial charge in [-0.05, 0) is 94.2 Å². The molecular weight excluding hydrogens is 544 g/mol. The number of aryl methyl sites for hydroxylation is 1. The minimum Gasteiger partial charge on any atom is -0.357 e. The van der Waals surface area contributed by atoms with Crippen molar-refractivity contribution >= 4 is 40.4 Å². The number of nitrogens with one attached hydrogen (secondary N) is 2. The highest BCUT2D eigenvalue weighted by molar-refractivity contribution is 8.03. The number of halogens is 1. The monoisotopic (exact) mass is 590 g/mol. The summed E-state index contributed by atoms with van der Waals surface area (Å²) >= 11 is 8.04. The van der Waals surface area contributed by atoms with E-state index in [-0.39, 0.29) is 5.25 Å². The van der Waals surface area contributed by atoms with Gasteiger partial charge in [-0.25, -0.2) is 0 Å². The van der Waals surface area contributed by atoms with Gasteiger partial charge in [0.25, 0.3) is 0 Å². The molecule has 0 aliphatic rings. The zero-order valence-corrected chi connectivity index (χ0v) is 26.8. The first-order chi connectivity index (χ1) is 19.8. The first-order valence-corrected chi connectivity index (χ1v) is 16.0. The van der Waals surface area contributed by atoms with E-state index < -0.39 is 0 Å². The minimum atomic E-state index is 0.0706. The molecule has 1 unspecified atom stereocenters. The number of para-hydroxylation sites is 2. The lowest BCUT2D eigenvalue weighted by molar-refractivity contribution is 0.274. The lowest BCUT2D eigenvalue weighted by Crippen LogP contribution is -2.34. The van der Waals surface area contributed by atoms with E-state index in [0.717, 1.165) is 53.8 Å². The van der Waals surface area contributed by atoms with Crippen LogP contribution in [0, 0.1) is 6.92 Å². The fraction of sp³-hybridized carbons (Fsp3) is 0.371. The second-order valence-corrected chi connectivity index (χ2v) is 12.2. The summed E-state index contributed by atoms with van der Waals surface area (Å²) in [7, 11) is 0. The predicted octanol–water partition coefficient (Wildman–Crippen LogP) is 9.26. The Balaban J connectivity index is 1.65. The van der Waals surface area contributed by atoms with Crippen molar-refractivity contribution in [3.63, 3.8) is 0 Å². The lowest BCUT2D eigenvalue weighted by atomic mass is 10.1. The first kappa shape index (κ1) is 32.8. The number of rotatable bonds is 18. The first-order valence-electron chi connectivity index (χ1n) is 14.8. The van der Waals surface area contributed by atoms with E-state index in [1.54, 1.807) is 11.8 Å². The molecule has 0 spiro atoms. The molecule has 0 aliphatic heterocycles. The van der Waals surface area contributed by atoms with Crippen molar-refractivity contribution in [1.82, 2.24) is 10.2 Å². The Hall–Kier alpha value is -2.70. The summed E-state index contributed by atoms with van der Waals surface area (Å²) in [4.78, 5) is 4.80. The van der Waals surface area contributed by atoms with Gasteiger partial charge < -0.3 is 20.4 Å². The van der Waals surface area contributed by atoms with Crippen LogP contribution < -0.4 is 15.5 Å². The Morgan fingerprint density at radius 3 is 2.20 bits per heavy atom. The number of hydrogen-bond acceptors (Lipinski definition) is 5. The maximum absolute atomic E-state index is 6.36. The molecule has 0 aliphatic carbocycles. The van der Waals surface area contributed by atoms with E-state index in [1.807, 2.05) is 24.3 Å². The molecular formula is C35H47ClN4S. The summed E-state index contributed by atoms with van der Waals surface area (Å²) in [6, 6.07) is 25.1. The Bertz CT molecular complexity index is 1240. The van der Waals surface area contributed by atoms with E-state index in [9.17, 15) is 0 Å². The molecule has 0 heterocycles. The van der Waals surface area contributed by atoms with Crippen LogP contribution in [0.3, 0.4) is 0 Å². The van der Waals surface area contributed by atoms with Gasteiger partial charge in [0.1, 0.15) is 0 Å². The molecule has 41 heavy (non-hydrogen) atoms. The molecule has 0 bridgehead atoms. The Kier molecular flexibility index (Phi) is 13.8. The topological polar surface area (TPSA) is 30.5 Å². The second kappa shape index (κ2) is 17.3. The molecule has 6 heteroatoms. The van der Waals surface area contributed by atoms with Crippen molar-refractivity contribution in [2.24, 2.45) is 0 Å². The second-order valence-electron chi connectivity index (χ2n) is 10.4. The van der Waals surface area contributed by atoms with Crippen molar-refractivity contribution < 1.29 is 0 Å². The van der Waals surface area contributed by atoms with Crippen molar-refractivity contribution in [2.45, 2.75) is 52.2 Å². The van der Waals surface area contributed by atoms with Gasteiger partial charge >= 0.3 is 0 Å². The van der Waals surface area contributed by atoms with Crippen LogP contribution in [0.4, 0.5) is 17.1 Å². The van der Waals surface area contributed by atoms with Crippen molar-refractivity contribution in [1.29, 1.82) is 0 Å². The average molecular weight is 591 g/mol. The highest BCUT2D eigenvalue weighted by Crippen LogP contribution is 2.39. The van der Waals surface area contributed by atoms with Crippen molar-refractivity contribution in [2.75, 3.05) is 42.9 Å². The summed E-state index contributed by atoms with van der Waals surface area (Å²) < 4.78 is 0. The molecule has 220 valence electrons. The summed E-state index contributed by atoms with van der Waals surface area (Å²) in [6.45, 7) is 23.1. The van der Waals surface area contributed by atoms with Crippen LogP contribution >= 0.6 is 23.4 Å². The SMILES string of the molecule is C=C(Nc1ccccc1Cl)C(C)SC(=C)N(c1ccc(CCNCCN(CCC)CCC)cc1)c1ccccc1C. The summed E-state index contributed by atoms with van der Waals surface area (Å²) in [5.41, 5.74) is 6.49. The van der Waals surface area contributed by atoms with Crippen LogP contribution in [0.1, 0.15) is 44.7 Å². The zero-order valence-electron chi connectivity index (χ0n) is 25.3. The standard InChI is InChI=1S/C35H47ClN4S/c1-7-24-39(25-8-2)26-23-37-22-21-31-17-19-32(20-18-31)40(35-16-12-9-13-27(35)3)30(6)41-29(5)28(4)38-34-15-11-10-14-33(34)36/h9-20,29,37-38H,4,6-8,21-26H2,1-3,5H3. The van der Waals surface area contributed by atoms with Gasteiger partial charge in [-0.15, -0.1) is 0 Å². The summed E-state index contributed by atoms with van der Waals surface area (Å²) in [6.07, 6.45) is 3.43. The fourth-order valence-corrected chi connectivity index (χ4v) is 5.87. The molecule has 0 aromatic heterocycles. The summed E-state index contributed by atoms with van der Waals surface area (Å²) in [5.74, 6) is 0. The molecule has 3 aromatic rings. The molecule has 0 amide bonds. The number of thioether (sulfide) groups is 1. The van der Waals surface area contributed by atoms with Crippen LogP contribution in [0.15, 0.2) is 96.7 Å². The van der Waals surface area contributed by atoms with Crippen LogP contribution in [0.5, 0.6) is 0 Å². The van der Waals surface area contributed by atoms with Gasteiger partial charge in [0.15, 0.2) is 0 Å². The number of nitrogens with zero attached hydrogens (tertiary/aromatic N) is 2. The van der Waals surface area contributed by atoms with Gasteiger partial charge in [-0.2, -0.15) is 0 Å².